The third kappa shape index (κ3) is 2.35. The van der Waals surface area contributed by atoms with Gasteiger partial charge < -0.3 is 9.53 Å². The lowest BCUT2D eigenvalue weighted by Crippen LogP contribution is -1.97. The normalized spacial score (nSPS) is 12.2. The Balaban J connectivity index is 3.02. The zero-order chi connectivity index (χ0) is 10.6. The summed E-state index contributed by atoms with van der Waals surface area (Å²) >= 11 is 3.47. The molecular weight excluding hydrogens is 244 g/mol. The fraction of sp³-hybridized carbons (Fsp3) is 0.364. The fourth-order valence-corrected chi connectivity index (χ4v) is 2.15. The van der Waals surface area contributed by atoms with Crippen LogP contribution < -0.4 is 4.74 Å². The zero-order valence-corrected chi connectivity index (χ0v) is 9.87. The van der Waals surface area contributed by atoms with E-state index in [1.54, 1.807) is 7.11 Å². The van der Waals surface area contributed by atoms with Crippen LogP contribution in [0.3, 0.4) is 0 Å². The highest BCUT2D eigenvalue weighted by Gasteiger charge is 2.11. The number of aldehydes is 1. The van der Waals surface area contributed by atoms with E-state index in [0.29, 0.717) is 6.42 Å². The van der Waals surface area contributed by atoms with Gasteiger partial charge in [0.2, 0.25) is 0 Å². The molecule has 0 aliphatic rings. The summed E-state index contributed by atoms with van der Waals surface area (Å²) < 4.78 is 6.12. The van der Waals surface area contributed by atoms with Gasteiger partial charge in [0.1, 0.15) is 12.0 Å². The highest BCUT2D eigenvalue weighted by Crippen LogP contribution is 2.33. The van der Waals surface area contributed by atoms with E-state index >= 15 is 0 Å². The molecule has 1 atom stereocenters. The van der Waals surface area contributed by atoms with Crippen LogP contribution in [0.1, 0.15) is 24.8 Å². The Morgan fingerprint density at radius 1 is 1.57 bits per heavy atom. The zero-order valence-electron chi connectivity index (χ0n) is 8.29. The predicted molar refractivity (Wildman–Crippen MR) is 59.8 cm³/mol. The van der Waals surface area contributed by atoms with Crippen LogP contribution in [0.2, 0.25) is 0 Å². The van der Waals surface area contributed by atoms with Crippen molar-refractivity contribution in [1.29, 1.82) is 0 Å². The molecule has 0 saturated heterocycles. The van der Waals surface area contributed by atoms with Gasteiger partial charge in [-0.25, -0.2) is 0 Å². The van der Waals surface area contributed by atoms with E-state index < -0.39 is 0 Å². The molecular formula is C11H13BrO2. The molecule has 0 bridgehead atoms. The molecule has 0 radical (unpaired) electrons. The predicted octanol–water partition coefficient (Wildman–Crippen LogP) is 3.15. The molecule has 1 aromatic carbocycles. The Bertz CT molecular complexity index is 323. The number of benzene rings is 1. The first-order valence-electron chi connectivity index (χ1n) is 4.46. The van der Waals surface area contributed by atoms with Crippen molar-refractivity contribution in [2.75, 3.05) is 7.11 Å². The molecule has 0 aromatic heterocycles. The minimum Gasteiger partial charge on any atom is -0.496 e. The van der Waals surface area contributed by atoms with E-state index in [4.69, 9.17) is 4.74 Å². The first-order valence-corrected chi connectivity index (χ1v) is 5.26. The van der Waals surface area contributed by atoms with Crippen LogP contribution in [-0.4, -0.2) is 13.4 Å². The van der Waals surface area contributed by atoms with Crippen molar-refractivity contribution < 1.29 is 9.53 Å². The standard InChI is InChI=1S/C11H13BrO2/c1-8(6-7-13)9-4-3-5-10(14-2)11(9)12/h3-5,7-8H,6H2,1-2H3. The molecule has 2 nitrogen and oxygen atoms in total. The van der Waals surface area contributed by atoms with Gasteiger partial charge in [0.15, 0.2) is 0 Å². The molecule has 0 spiro atoms. The van der Waals surface area contributed by atoms with Crippen LogP contribution in [-0.2, 0) is 4.79 Å². The molecule has 0 fully saturated rings. The van der Waals surface area contributed by atoms with Gasteiger partial charge in [-0.1, -0.05) is 19.1 Å². The smallest absolute Gasteiger partial charge is 0.133 e. The van der Waals surface area contributed by atoms with Crippen molar-refractivity contribution in [3.8, 4) is 5.75 Å². The molecule has 0 heterocycles. The first-order chi connectivity index (χ1) is 6.70. The summed E-state index contributed by atoms with van der Waals surface area (Å²) in [7, 11) is 1.63. The van der Waals surface area contributed by atoms with E-state index in [9.17, 15) is 4.79 Å². The largest absolute Gasteiger partial charge is 0.496 e. The summed E-state index contributed by atoms with van der Waals surface area (Å²) in [4.78, 5) is 10.4. The van der Waals surface area contributed by atoms with Crippen LogP contribution in [0.25, 0.3) is 0 Å². The van der Waals surface area contributed by atoms with E-state index in [1.165, 1.54) is 0 Å². The molecule has 1 rings (SSSR count). The highest BCUT2D eigenvalue weighted by atomic mass is 79.9. The second-order valence-electron chi connectivity index (χ2n) is 3.17. The molecule has 14 heavy (non-hydrogen) atoms. The Morgan fingerprint density at radius 2 is 2.29 bits per heavy atom. The average Bonchev–Trinajstić information content (AvgIpc) is 2.18. The fourth-order valence-electron chi connectivity index (χ4n) is 1.34. The van der Waals surface area contributed by atoms with Crippen molar-refractivity contribution in [1.82, 2.24) is 0 Å². The van der Waals surface area contributed by atoms with Crippen molar-refractivity contribution in [3.63, 3.8) is 0 Å². The van der Waals surface area contributed by atoms with Gasteiger partial charge >= 0.3 is 0 Å². The quantitative estimate of drug-likeness (QED) is 0.774. The maximum Gasteiger partial charge on any atom is 0.133 e. The maximum atomic E-state index is 10.4. The second kappa shape index (κ2) is 5.15. The van der Waals surface area contributed by atoms with Crippen LogP contribution in [0.5, 0.6) is 5.75 Å². The lowest BCUT2D eigenvalue weighted by molar-refractivity contribution is -0.108. The van der Waals surface area contributed by atoms with Crippen LogP contribution in [0, 0.1) is 0 Å². The van der Waals surface area contributed by atoms with Gasteiger partial charge in [0.25, 0.3) is 0 Å². The molecule has 0 saturated carbocycles. The highest BCUT2D eigenvalue weighted by molar-refractivity contribution is 9.10. The van der Waals surface area contributed by atoms with Crippen LogP contribution in [0.4, 0.5) is 0 Å². The van der Waals surface area contributed by atoms with Gasteiger partial charge in [0, 0.05) is 6.42 Å². The lowest BCUT2D eigenvalue weighted by atomic mass is 9.98. The van der Waals surface area contributed by atoms with E-state index in [-0.39, 0.29) is 5.92 Å². The van der Waals surface area contributed by atoms with E-state index in [1.807, 2.05) is 25.1 Å². The molecule has 1 unspecified atom stereocenters. The number of rotatable bonds is 4. The van der Waals surface area contributed by atoms with Gasteiger partial charge in [-0.2, -0.15) is 0 Å². The summed E-state index contributed by atoms with van der Waals surface area (Å²) in [5.74, 6) is 1.03. The topological polar surface area (TPSA) is 26.3 Å². The Kier molecular flexibility index (Phi) is 4.14. The SMILES string of the molecule is COc1cccc(C(C)CC=O)c1Br. The average molecular weight is 257 g/mol. The Labute approximate surface area is 92.4 Å². The number of ether oxygens (including phenoxy) is 1. The summed E-state index contributed by atoms with van der Waals surface area (Å²) in [5, 5.41) is 0. The van der Waals surface area contributed by atoms with Gasteiger partial charge in [-0.3, -0.25) is 0 Å². The summed E-state index contributed by atoms with van der Waals surface area (Å²) in [6, 6.07) is 5.82. The first kappa shape index (κ1) is 11.2. The van der Waals surface area contributed by atoms with Crippen LogP contribution >= 0.6 is 15.9 Å². The monoisotopic (exact) mass is 256 g/mol. The molecule has 0 aliphatic heterocycles. The van der Waals surface area contributed by atoms with Crippen molar-refractivity contribution in [2.24, 2.45) is 0 Å². The number of hydrogen-bond acceptors (Lipinski definition) is 2. The third-order valence-corrected chi connectivity index (χ3v) is 3.04. The Hall–Kier alpha value is -0.830. The summed E-state index contributed by atoms with van der Waals surface area (Å²) in [6.07, 6.45) is 1.47. The molecule has 0 aliphatic carbocycles. The van der Waals surface area contributed by atoms with E-state index in [0.717, 1.165) is 22.1 Å². The van der Waals surface area contributed by atoms with Gasteiger partial charge in [-0.15, -0.1) is 0 Å². The third-order valence-electron chi connectivity index (χ3n) is 2.19. The minimum atomic E-state index is 0.219. The number of carbonyl (C=O) groups excluding carboxylic acids is 1. The minimum absolute atomic E-state index is 0.219. The second-order valence-corrected chi connectivity index (χ2v) is 3.96. The number of hydrogen-bond donors (Lipinski definition) is 0. The molecule has 0 N–H and O–H groups in total. The number of halogens is 1. The number of methoxy groups -OCH3 is 1. The molecule has 1 aromatic rings. The Morgan fingerprint density at radius 3 is 2.86 bits per heavy atom. The molecule has 0 amide bonds. The number of carbonyl (C=O) groups is 1. The van der Waals surface area contributed by atoms with Crippen molar-refractivity contribution in [2.45, 2.75) is 19.3 Å². The molecule has 3 heteroatoms. The van der Waals surface area contributed by atoms with Crippen molar-refractivity contribution >= 4 is 22.2 Å². The summed E-state index contributed by atoms with van der Waals surface area (Å²) in [6.45, 7) is 2.02. The van der Waals surface area contributed by atoms with Crippen molar-refractivity contribution in [3.05, 3.63) is 28.2 Å². The lowest BCUT2D eigenvalue weighted by Gasteiger charge is -2.13. The molecule has 76 valence electrons. The van der Waals surface area contributed by atoms with Gasteiger partial charge in [0.05, 0.1) is 11.6 Å². The van der Waals surface area contributed by atoms with Crippen LogP contribution in [0.15, 0.2) is 22.7 Å². The summed E-state index contributed by atoms with van der Waals surface area (Å²) in [5.41, 5.74) is 1.11. The maximum absolute atomic E-state index is 10.4. The van der Waals surface area contributed by atoms with E-state index in [2.05, 4.69) is 15.9 Å². The van der Waals surface area contributed by atoms with Gasteiger partial charge in [-0.05, 0) is 33.5 Å².